The van der Waals surface area contributed by atoms with Crippen LogP contribution < -0.4 is 0 Å². The molecule has 1 aliphatic rings. The normalized spacial score (nSPS) is 22.7. The van der Waals surface area contributed by atoms with Crippen molar-refractivity contribution in [3.63, 3.8) is 0 Å². The largest absolute Gasteiger partial charge is 0.411 e. The topological polar surface area (TPSA) is 66.4 Å². The molecule has 0 saturated carbocycles. The quantitative estimate of drug-likeness (QED) is 0.363. The molecule has 1 heterocycles. The van der Waals surface area contributed by atoms with E-state index in [2.05, 4.69) is 18.6 Å². The summed E-state index contributed by atoms with van der Waals surface area (Å²) in [5.74, 6) is 2.81. The van der Waals surface area contributed by atoms with Gasteiger partial charge >= 0.3 is 0 Å². The summed E-state index contributed by atoms with van der Waals surface area (Å²) in [5.41, 5.74) is 3.65. The van der Waals surface area contributed by atoms with Gasteiger partial charge in [-0.2, -0.15) is 0 Å². The molecule has 3 aromatic rings. The summed E-state index contributed by atoms with van der Waals surface area (Å²) in [6.45, 7) is 6.25. The van der Waals surface area contributed by atoms with E-state index in [1.165, 1.54) is 0 Å². The minimum absolute atomic E-state index is 0.288. The molecule has 38 heavy (non-hydrogen) atoms. The summed E-state index contributed by atoms with van der Waals surface area (Å²) in [6, 6.07) is 29.6. The molecule has 3 aromatic carbocycles. The molecule has 1 fully saturated rings. The van der Waals surface area contributed by atoms with Gasteiger partial charge in [0.2, 0.25) is 6.29 Å². The molecule has 1 saturated heterocycles. The van der Waals surface area contributed by atoms with E-state index < -0.39 is 30.7 Å². The van der Waals surface area contributed by atoms with Gasteiger partial charge in [0.15, 0.2) is 0 Å². The number of allylic oxidation sites excluding steroid dienone is 1. The first kappa shape index (κ1) is 27.6. The van der Waals surface area contributed by atoms with Crippen LogP contribution in [0.3, 0.4) is 0 Å². The first-order chi connectivity index (χ1) is 18.6. The minimum atomic E-state index is -0.917. The fraction of sp³-hybridized carbons (Fsp3) is 0.312. The molecule has 0 aliphatic carbocycles. The van der Waals surface area contributed by atoms with Gasteiger partial charge in [0.1, 0.15) is 30.5 Å². The maximum absolute atomic E-state index is 10.3. The van der Waals surface area contributed by atoms with Crippen molar-refractivity contribution in [3.8, 4) is 12.0 Å². The predicted molar refractivity (Wildman–Crippen MR) is 144 cm³/mol. The number of rotatable bonds is 11. The Morgan fingerprint density at radius 1 is 0.737 bits per heavy atom. The fourth-order valence-electron chi connectivity index (χ4n) is 4.16. The van der Waals surface area contributed by atoms with Gasteiger partial charge < -0.3 is 28.8 Å². The van der Waals surface area contributed by atoms with E-state index in [1.807, 2.05) is 91.0 Å². The highest BCUT2D eigenvalue weighted by molar-refractivity contribution is 5.21. The zero-order valence-corrected chi connectivity index (χ0v) is 21.6. The molecule has 198 valence electrons. The van der Waals surface area contributed by atoms with Crippen LogP contribution >= 0.6 is 0 Å². The number of ether oxygens (including phenoxy) is 5. The third-order valence-corrected chi connectivity index (χ3v) is 6.07. The molecule has 0 amide bonds. The van der Waals surface area contributed by atoms with E-state index in [-0.39, 0.29) is 6.61 Å². The Morgan fingerprint density at radius 3 is 1.63 bits per heavy atom. The molecule has 6 nitrogen and oxygen atoms in total. The zero-order chi connectivity index (χ0) is 26.6. The summed E-state index contributed by atoms with van der Waals surface area (Å²) in [6.07, 6.45) is -0.909. The number of aliphatic hydroxyl groups excluding tert-OH is 1. The van der Waals surface area contributed by atoms with Crippen molar-refractivity contribution in [2.24, 2.45) is 0 Å². The summed E-state index contributed by atoms with van der Waals surface area (Å²) in [5, 5.41) is 10.3. The van der Waals surface area contributed by atoms with Crippen LogP contribution in [0, 0.1) is 12.0 Å². The summed E-state index contributed by atoms with van der Waals surface area (Å²) in [7, 11) is 0. The molecule has 0 spiro atoms. The molecule has 4 rings (SSSR count). The van der Waals surface area contributed by atoms with Gasteiger partial charge in [-0.1, -0.05) is 97.6 Å². The minimum Gasteiger partial charge on any atom is -0.411 e. The lowest BCUT2D eigenvalue weighted by Crippen LogP contribution is -2.61. The average Bonchev–Trinajstić information content (AvgIpc) is 2.95. The third-order valence-electron chi connectivity index (χ3n) is 6.07. The molecule has 0 unspecified atom stereocenters. The van der Waals surface area contributed by atoms with Gasteiger partial charge in [-0.25, -0.2) is 0 Å². The Kier molecular flexibility index (Phi) is 10.5. The molecular weight excluding hydrogens is 480 g/mol. The van der Waals surface area contributed by atoms with Crippen molar-refractivity contribution in [2.45, 2.75) is 57.5 Å². The van der Waals surface area contributed by atoms with Crippen molar-refractivity contribution in [1.82, 2.24) is 0 Å². The Labute approximate surface area is 224 Å². The third kappa shape index (κ3) is 8.03. The van der Waals surface area contributed by atoms with Crippen molar-refractivity contribution in [1.29, 1.82) is 0 Å². The lowest BCUT2D eigenvalue weighted by molar-refractivity contribution is -0.313. The lowest BCUT2D eigenvalue weighted by atomic mass is 9.98. The molecule has 5 atom stereocenters. The lowest BCUT2D eigenvalue weighted by Gasteiger charge is -2.44. The highest BCUT2D eigenvalue weighted by Gasteiger charge is 2.49. The molecule has 0 bridgehead atoms. The van der Waals surface area contributed by atoms with Crippen molar-refractivity contribution < 1.29 is 28.8 Å². The molecule has 6 heteroatoms. The molecule has 0 radical (unpaired) electrons. The Hall–Kier alpha value is -3.44. The van der Waals surface area contributed by atoms with E-state index in [0.29, 0.717) is 25.4 Å². The number of hydrogen-bond donors (Lipinski definition) is 1. The number of hydrogen-bond acceptors (Lipinski definition) is 6. The maximum atomic E-state index is 10.3. The fourth-order valence-corrected chi connectivity index (χ4v) is 4.16. The van der Waals surface area contributed by atoms with Crippen LogP contribution in [0.25, 0.3) is 0 Å². The molecular formula is C32H34O6. The Balaban J connectivity index is 1.62. The number of aliphatic hydroxyl groups is 1. The van der Waals surface area contributed by atoms with Crippen LogP contribution in [-0.2, 0) is 43.5 Å². The van der Waals surface area contributed by atoms with E-state index in [9.17, 15) is 5.11 Å². The van der Waals surface area contributed by atoms with Crippen molar-refractivity contribution in [2.75, 3.05) is 6.61 Å². The maximum Gasteiger partial charge on any atom is 0.239 e. The average molecular weight is 515 g/mol. The van der Waals surface area contributed by atoms with Crippen molar-refractivity contribution >= 4 is 0 Å². The van der Waals surface area contributed by atoms with Crippen LogP contribution in [0.1, 0.15) is 23.6 Å². The first-order valence-electron chi connectivity index (χ1n) is 12.7. The van der Waals surface area contributed by atoms with Crippen LogP contribution in [0.4, 0.5) is 0 Å². The van der Waals surface area contributed by atoms with E-state index >= 15 is 0 Å². The van der Waals surface area contributed by atoms with Gasteiger partial charge in [-0.05, 0) is 35.1 Å². The number of benzene rings is 3. The molecule has 1 N–H and O–H groups in total. The van der Waals surface area contributed by atoms with Gasteiger partial charge in [-0.3, -0.25) is 0 Å². The van der Waals surface area contributed by atoms with Gasteiger partial charge in [-0.15, -0.1) is 0 Å². The van der Waals surface area contributed by atoms with E-state index in [0.717, 1.165) is 16.7 Å². The SMILES string of the molecule is C=C(C)C#CO[C@H]1O[C@H](CO)[C@H](OCc2ccccc2)[C@H](OCc2ccccc2)[C@H]1OCc1ccccc1. The smallest absolute Gasteiger partial charge is 0.239 e. The Morgan fingerprint density at radius 2 is 1.18 bits per heavy atom. The van der Waals surface area contributed by atoms with Gasteiger partial charge in [0.05, 0.1) is 26.4 Å². The Bertz CT molecular complexity index is 1170. The van der Waals surface area contributed by atoms with Crippen LogP contribution in [0.2, 0.25) is 0 Å². The van der Waals surface area contributed by atoms with Gasteiger partial charge in [0, 0.05) is 0 Å². The second-order valence-electron chi connectivity index (χ2n) is 9.13. The van der Waals surface area contributed by atoms with Crippen LogP contribution in [-0.4, -0.2) is 42.4 Å². The highest BCUT2D eigenvalue weighted by atomic mass is 16.7. The van der Waals surface area contributed by atoms with Crippen LogP contribution in [0.15, 0.2) is 103 Å². The zero-order valence-electron chi connectivity index (χ0n) is 21.6. The van der Waals surface area contributed by atoms with E-state index in [4.69, 9.17) is 23.7 Å². The van der Waals surface area contributed by atoms with Gasteiger partial charge in [0.25, 0.3) is 0 Å². The molecule has 1 aliphatic heterocycles. The standard InChI is InChI=1S/C32H34O6/c1-24(2)18-19-34-32-31(37-23-27-16-10-5-11-17-27)30(36-22-26-14-8-4-9-15-26)29(28(20-33)38-32)35-21-25-12-6-3-7-13-25/h3-17,28-33H,1,20-23H2,2H3/t28-,29+,30+,31-,32+/m1/s1. The monoisotopic (exact) mass is 514 g/mol. The highest BCUT2D eigenvalue weighted by Crippen LogP contribution is 2.31. The molecule has 0 aromatic heterocycles. The predicted octanol–water partition coefficient (Wildman–Crippen LogP) is 5.01. The summed E-state index contributed by atoms with van der Waals surface area (Å²) < 4.78 is 31.2. The summed E-state index contributed by atoms with van der Waals surface area (Å²) in [4.78, 5) is 0. The van der Waals surface area contributed by atoms with E-state index in [1.54, 1.807) is 6.92 Å². The first-order valence-corrected chi connectivity index (χ1v) is 12.7. The summed E-state index contributed by atoms with van der Waals surface area (Å²) >= 11 is 0. The second-order valence-corrected chi connectivity index (χ2v) is 9.13. The van der Waals surface area contributed by atoms with Crippen LogP contribution in [0.5, 0.6) is 0 Å². The second kappa shape index (κ2) is 14.5. The van der Waals surface area contributed by atoms with Crippen molar-refractivity contribution in [3.05, 3.63) is 120 Å².